The van der Waals surface area contributed by atoms with Crippen LogP contribution in [0, 0.1) is 0 Å². The van der Waals surface area contributed by atoms with Crippen LogP contribution in [0.2, 0.25) is 0 Å². The van der Waals surface area contributed by atoms with Crippen LogP contribution in [-0.2, 0) is 6.42 Å². The minimum absolute atomic E-state index is 0.256. The van der Waals surface area contributed by atoms with Gasteiger partial charge in [0.25, 0.3) is 0 Å². The van der Waals surface area contributed by atoms with E-state index in [4.69, 9.17) is 9.84 Å². The minimum atomic E-state index is 0.256. The monoisotopic (exact) mass is 305 g/mol. The smallest absolute Gasteiger partial charge is 0.134 e. The molecule has 3 rings (SSSR count). The summed E-state index contributed by atoms with van der Waals surface area (Å²) in [6, 6.07) is 5.06. The van der Waals surface area contributed by atoms with Crippen molar-refractivity contribution in [3.05, 3.63) is 34.3 Å². The highest BCUT2D eigenvalue weighted by atomic mass is 32.1. The van der Waals surface area contributed by atoms with E-state index < -0.39 is 0 Å². The lowest BCUT2D eigenvalue weighted by atomic mass is 10.1. The molecule has 0 bridgehead atoms. The summed E-state index contributed by atoms with van der Waals surface area (Å²) in [7, 11) is 3.73. The van der Waals surface area contributed by atoms with Crippen molar-refractivity contribution in [3.63, 3.8) is 0 Å². The molecule has 1 fully saturated rings. The molecule has 1 unspecified atom stereocenters. The number of rotatable bonds is 6. The van der Waals surface area contributed by atoms with Crippen molar-refractivity contribution in [2.24, 2.45) is 0 Å². The van der Waals surface area contributed by atoms with E-state index in [0.717, 1.165) is 17.9 Å². The van der Waals surface area contributed by atoms with Gasteiger partial charge in [-0.15, -0.1) is 11.3 Å². The molecule has 4 nitrogen and oxygen atoms in total. The van der Waals surface area contributed by atoms with E-state index in [1.807, 2.05) is 13.1 Å². The van der Waals surface area contributed by atoms with Crippen LogP contribution >= 0.6 is 11.3 Å². The van der Waals surface area contributed by atoms with Crippen molar-refractivity contribution in [2.45, 2.75) is 44.2 Å². The Bertz CT molecular complexity index is 572. The number of nitrogens with zero attached hydrogens (tertiary/aromatic N) is 2. The van der Waals surface area contributed by atoms with Crippen molar-refractivity contribution < 1.29 is 4.74 Å². The van der Waals surface area contributed by atoms with Gasteiger partial charge in [0.15, 0.2) is 0 Å². The van der Waals surface area contributed by atoms with E-state index in [9.17, 15) is 0 Å². The molecule has 1 saturated carbocycles. The van der Waals surface area contributed by atoms with E-state index >= 15 is 0 Å². The van der Waals surface area contributed by atoms with Gasteiger partial charge < -0.3 is 10.1 Å². The zero-order chi connectivity index (χ0) is 14.7. The molecule has 2 aromatic heterocycles. The van der Waals surface area contributed by atoms with Gasteiger partial charge in [0, 0.05) is 12.6 Å². The highest BCUT2D eigenvalue weighted by molar-refractivity contribution is 7.10. The quantitative estimate of drug-likeness (QED) is 0.887. The fourth-order valence-electron chi connectivity index (χ4n) is 3.13. The molecule has 114 valence electrons. The highest BCUT2D eigenvalue weighted by Crippen LogP contribution is 2.33. The molecular weight excluding hydrogens is 282 g/mol. The van der Waals surface area contributed by atoms with Crippen molar-refractivity contribution >= 4 is 11.3 Å². The number of nitrogens with one attached hydrogen (secondary N) is 1. The first-order valence-corrected chi connectivity index (χ1v) is 8.52. The van der Waals surface area contributed by atoms with Crippen LogP contribution in [0.4, 0.5) is 0 Å². The largest absolute Gasteiger partial charge is 0.496 e. The number of methoxy groups -OCH3 is 1. The van der Waals surface area contributed by atoms with Crippen LogP contribution in [0.25, 0.3) is 0 Å². The molecule has 0 amide bonds. The van der Waals surface area contributed by atoms with Crippen molar-refractivity contribution in [3.8, 4) is 5.75 Å². The average Bonchev–Trinajstić information content (AvgIpc) is 3.23. The van der Waals surface area contributed by atoms with Crippen LogP contribution in [0.5, 0.6) is 5.75 Å². The molecule has 0 spiro atoms. The van der Waals surface area contributed by atoms with Gasteiger partial charge in [0.05, 0.1) is 29.8 Å². The van der Waals surface area contributed by atoms with Gasteiger partial charge in [0.2, 0.25) is 0 Å². The Balaban J connectivity index is 1.72. The van der Waals surface area contributed by atoms with Crippen molar-refractivity contribution in [2.75, 3.05) is 14.2 Å². The maximum atomic E-state index is 5.44. The molecule has 2 heterocycles. The Morgan fingerprint density at radius 1 is 1.43 bits per heavy atom. The van der Waals surface area contributed by atoms with Crippen LogP contribution < -0.4 is 10.1 Å². The molecule has 2 aromatic rings. The molecule has 1 aliphatic rings. The Morgan fingerprint density at radius 3 is 2.95 bits per heavy atom. The number of likely N-dealkylation sites (N-methyl/N-ethyl adjacent to an activating group) is 1. The summed E-state index contributed by atoms with van der Waals surface area (Å²) in [6.45, 7) is 0. The van der Waals surface area contributed by atoms with Gasteiger partial charge in [-0.05, 0) is 37.4 Å². The lowest BCUT2D eigenvalue weighted by Crippen LogP contribution is -2.19. The molecule has 1 atom stereocenters. The average molecular weight is 305 g/mol. The predicted octanol–water partition coefficient (Wildman–Crippen LogP) is 3.57. The van der Waals surface area contributed by atoms with Crippen LogP contribution in [0.3, 0.4) is 0 Å². The lowest BCUT2D eigenvalue weighted by Gasteiger charge is -2.15. The Morgan fingerprint density at radius 2 is 2.24 bits per heavy atom. The third kappa shape index (κ3) is 3.14. The summed E-state index contributed by atoms with van der Waals surface area (Å²) in [6.07, 6.45) is 8.26. The fourth-order valence-corrected chi connectivity index (χ4v) is 4.10. The SMILES string of the molecule is CNC(Cc1ccn(C2CCCC2)n1)c1sccc1OC. The number of hydrogen-bond acceptors (Lipinski definition) is 4. The molecule has 0 saturated heterocycles. The molecule has 1 N–H and O–H groups in total. The Labute approximate surface area is 130 Å². The number of ether oxygens (including phenoxy) is 1. The second-order valence-electron chi connectivity index (χ2n) is 5.62. The van der Waals surface area contributed by atoms with E-state index in [0.29, 0.717) is 6.04 Å². The van der Waals surface area contributed by atoms with E-state index in [1.165, 1.54) is 30.6 Å². The van der Waals surface area contributed by atoms with E-state index in [-0.39, 0.29) is 6.04 Å². The zero-order valence-corrected chi connectivity index (χ0v) is 13.5. The fraction of sp³-hybridized carbons (Fsp3) is 0.562. The number of hydrogen-bond donors (Lipinski definition) is 1. The third-order valence-electron chi connectivity index (χ3n) is 4.32. The maximum absolute atomic E-state index is 5.44. The van der Waals surface area contributed by atoms with Gasteiger partial charge in [0.1, 0.15) is 5.75 Å². The molecule has 0 aliphatic heterocycles. The minimum Gasteiger partial charge on any atom is -0.496 e. The maximum Gasteiger partial charge on any atom is 0.134 e. The van der Waals surface area contributed by atoms with Crippen molar-refractivity contribution in [1.82, 2.24) is 15.1 Å². The van der Waals surface area contributed by atoms with Crippen LogP contribution in [-0.4, -0.2) is 23.9 Å². The molecule has 5 heteroatoms. The molecule has 0 aromatic carbocycles. The molecule has 21 heavy (non-hydrogen) atoms. The predicted molar refractivity (Wildman–Crippen MR) is 86.1 cm³/mol. The van der Waals surface area contributed by atoms with Gasteiger partial charge >= 0.3 is 0 Å². The normalized spacial score (nSPS) is 17.2. The third-order valence-corrected chi connectivity index (χ3v) is 5.33. The van der Waals surface area contributed by atoms with Crippen molar-refractivity contribution in [1.29, 1.82) is 0 Å². The zero-order valence-electron chi connectivity index (χ0n) is 12.7. The van der Waals surface area contributed by atoms with Crippen LogP contribution in [0.15, 0.2) is 23.7 Å². The van der Waals surface area contributed by atoms with Gasteiger partial charge in [-0.1, -0.05) is 12.8 Å². The summed E-state index contributed by atoms with van der Waals surface area (Å²) in [5.41, 5.74) is 1.15. The Kier molecular flexibility index (Phi) is 4.60. The second kappa shape index (κ2) is 6.62. The standard InChI is InChI=1S/C16H23N3OS/c1-17-14(16-15(20-2)8-10-21-16)11-12-7-9-19(18-12)13-5-3-4-6-13/h7-10,13-14,17H,3-6,11H2,1-2H3. The van der Waals surface area contributed by atoms with E-state index in [1.54, 1.807) is 18.4 Å². The highest BCUT2D eigenvalue weighted by Gasteiger charge is 2.20. The lowest BCUT2D eigenvalue weighted by molar-refractivity contribution is 0.404. The van der Waals surface area contributed by atoms with Gasteiger partial charge in [-0.3, -0.25) is 4.68 Å². The second-order valence-corrected chi connectivity index (χ2v) is 6.57. The van der Waals surface area contributed by atoms with Gasteiger partial charge in [-0.2, -0.15) is 5.10 Å². The first kappa shape index (κ1) is 14.6. The van der Waals surface area contributed by atoms with E-state index in [2.05, 4.69) is 27.6 Å². The molecule has 0 radical (unpaired) electrons. The molecule has 1 aliphatic carbocycles. The first-order valence-electron chi connectivity index (χ1n) is 7.64. The summed E-state index contributed by atoms with van der Waals surface area (Å²) in [5, 5.41) is 10.3. The topological polar surface area (TPSA) is 39.1 Å². The summed E-state index contributed by atoms with van der Waals surface area (Å²) in [4.78, 5) is 1.25. The summed E-state index contributed by atoms with van der Waals surface area (Å²) in [5.74, 6) is 0.967. The summed E-state index contributed by atoms with van der Waals surface area (Å²) < 4.78 is 7.60. The van der Waals surface area contributed by atoms with Crippen LogP contribution in [0.1, 0.15) is 48.3 Å². The Hall–Kier alpha value is -1.33. The first-order chi connectivity index (χ1) is 10.3. The number of aromatic nitrogens is 2. The van der Waals surface area contributed by atoms with Gasteiger partial charge in [-0.25, -0.2) is 0 Å². The summed E-state index contributed by atoms with van der Waals surface area (Å²) >= 11 is 1.74. The number of thiophene rings is 1. The molecular formula is C16H23N3OS.